The quantitative estimate of drug-likeness (QED) is 0.0562. The minimum Gasteiger partial charge on any atom is -0.494 e. The molecule has 3 aliphatic rings. The zero-order chi connectivity index (χ0) is 41.2. The number of imide groups is 1. The summed E-state index contributed by atoms with van der Waals surface area (Å²) in [5.41, 5.74) is 6.13. The maximum absolute atomic E-state index is 13.3. The maximum atomic E-state index is 13.3. The Balaban J connectivity index is 0.737. The molecule has 5 aromatic rings. The molecule has 6 heterocycles. The van der Waals surface area contributed by atoms with Crippen molar-refractivity contribution in [2.45, 2.75) is 77.0 Å². The Kier molecular flexibility index (Phi) is 11.6. The number of aromatic nitrogens is 3. The molecule has 12 heteroatoms. The van der Waals surface area contributed by atoms with Crippen LogP contribution < -0.4 is 9.64 Å². The normalized spacial score (nSPS) is 16.7. The van der Waals surface area contributed by atoms with E-state index in [9.17, 15) is 19.6 Å². The first-order chi connectivity index (χ1) is 28.6. The molecular formula is C47H51N7O5. The number of benzene rings is 2. The van der Waals surface area contributed by atoms with Crippen molar-refractivity contribution in [2.24, 2.45) is 7.05 Å². The summed E-state index contributed by atoms with van der Waals surface area (Å²) in [6, 6.07) is 17.3. The maximum Gasteiger partial charge on any atom is 0.262 e. The Bertz CT molecular complexity index is 2470. The highest BCUT2D eigenvalue weighted by molar-refractivity contribution is 6.22. The topological polar surface area (TPSA) is 134 Å². The Hall–Kier alpha value is -5.90. The first kappa shape index (κ1) is 39.9. The fourth-order valence-corrected chi connectivity index (χ4v) is 8.77. The standard InChI is InChI=1S/C47H51N7O5/c1-30(2)42(13-8-31(3)55)54-46(56)39-12-10-36(24-40(39)47(54)57)58-21-7-5-6-18-52-19-15-35(16-20-52)59-37-28-53(29-37)45-33(25-48)22-34(26-50-45)32-9-11-38-41-27-49-17-14-43(41)51(4)44(38)23-32/h9-12,14,17,22-24,26-27,35,37,42H,1,5-8,13,15-16,18-21,28-29H2,2-4H3. The van der Waals surface area contributed by atoms with Gasteiger partial charge in [0.05, 0.1) is 47.1 Å². The van der Waals surface area contributed by atoms with E-state index in [4.69, 9.17) is 14.5 Å². The number of Topliss-reactive ketones (excluding diaryl/α,β-unsaturated/α-hetero) is 1. The smallest absolute Gasteiger partial charge is 0.262 e. The summed E-state index contributed by atoms with van der Waals surface area (Å²) in [7, 11) is 2.06. The lowest BCUT2D eigenvalue weighted by molar-refractivity contribution is -0.117. The van der Waals surface area contributed by atoms with Gasteiger partial charge in [-0.05, 0) is 101 Å². The molecule has 1 atom stereocenters. The molecule has 0 radical (unpaired) electrons. The summed E-state index contributed by atoms with van der Waals surface area (Å²) in [4.78, 5) is 53.0. The highest BCUT2D eigenvalue weighted by Crippen LogP contribution is 2.34. The second kappa shape index (κ2) is 17.1. The SMILES string of the molecule is C=C(C)C(CCC(C)=O)N1C(=O)c2ccc(OCCCCCN3CCC(OC4CN(c5ncc(-c6ccc7c8cnccc8n(C)c7c6)cc5C#N)C4)CC3)cc2C1=O. The van der Waals surface area contributed by atoms with Crippen LogP contribution in [0.1, 0.15) is 85.1 Å². The molecule has 0 N–H and O–H groups in total. The van der Waals surface area contributed by atoms with Gasteiger partial charge in [0, 0.05) is 80.1 Å². The lowest BCUT2D eigenvalue weighted by Gasteiger charge is -2.43. The van der Waals surface area contributed by atoms with E-state index in [0.29, 0.717) is 46.9 Å². The molecule has 0 saturated carbocycles. The molecule has 3 aliphatic heterocycles. The first-order valence-electron chi connectivity index (χ1n) is 20.7. The van der Waals surface area contributed by atoms with Crippen molar-refractivity contribution in [1.82, 2.24) is 24.3 Å². The fourth-order valence-electron chi connectivity index (χ4n) is 8.77. The molecule has 2 amide bonds. The Morgan fingerprint density at radius 2 is 1.71 bits per heavy atom. The monoisotopic (exact) mass is 793 g/mol. The van der Waals surface area contributed by atoms with Gasteiger partial charge < -0.3 is 28.6 Å². The highest BCUT2D eigenvalue weighted by Gasteiger charge is 2.40. The number of piperidine rings is 1. The molecule has 2 saturated heterocycles. The number of carbonyl (C=O) groups excluding carboxylic acids is 3. The van der Waals surface area contributed by atoms with Crippen LogP contribution in [0.15, 0.2) is 79.3 Å². The number of ketones is 1. The van der Waals surface area contributed by atoms with Gasteiger partial charge in [-0.1, -0.05) is 24.3 Å². The summed E-state index contributed by atoms with van der Waals surface area (Å²) in [5, 5.41) is 12.4. The number of likely N-dealkylation sites (tertiary alicyclic amines) is 1. The number of hydrogen-bond acceptors (Lipinski definition) is 10. The average Bonchev–Trinajstić information content (AvgIpc) is 3.65. The van der Waals surface area contributed by atoms with Gasteiger partial charge in [-0.15, -0.1) is 0 Å². The lowest BCUT2D eigenvalue weighted by atomic mass is 10.0. The third-order valence-corrected chi connectivity index (χ3v) is 12.1. The van der Waals surface area contributed by atoms with E-state index in [2.05, 4.69) is 57.2 Å². The van der Waals surface area contributed by atoms with Crippen molar-refractivity contribution in [3.05, 3.63) is 96.0 Å². The average molecular weight is 794 g/mol. The number of amides is 2. The van der Waals surface area contributed by atoms with Gasteiger partial charge in [-0.25, -0.2) is 4.98 Å². The van der Waals surface area contributed by atoms with Crippen LogP contribution in [0.5, 0.6) is 5.75 Å². The second-order valence-corrected chi connectivity index (χ2v) is 16.3. The number of nitriles is 1. The van der Waals surface area contributed by atoms with Crippen LogP contribution >= 0.6 is 0 Å². The third-order valence-electron chi connectivity index (χ3n) is 12.1. The predicted molar refractivity (Wildman–Crippen MR) is 228 cm³/mol. The van der Waals surface area contributed by atoms with Gasteiger partial charge in [0.15, 0.2) is 0 Å². The molecule has 2 aromatic carbocycles. The molecule has 304 valence electrons. The van der Waals surface area contributed by atoms with Crippen LogP contribution in [0.25, 0.3) is 32.9 Å². The van der Waals surface area contributed by atoms with Crippen LogP contribution in [0.2, 0.25) is 0 Å². The van der Waals surface area contributed by atoms with Crippen molar-refractivity contribution >= 4 is 45.2 Å². The molecule has 2 fully saturated rings. The number of anilines is 1. The van der Waals surface area contributed by atoms with E-state index < -0.39 is 6.04 Å². The lowest BCUT2D eigenvalue weighted by Crippen LogP contribution is -2.55. The molecule has 8 rings (SSSR count). The zero-order valence-corrected chi connectivity index (χ0v) is 34.2. The van der Waals surface area contributed by atoms with Gasteiger partial charge >= 0.3 is 0 Å². The van der Waals surface area contributed by atoms with Gasteiger partial charge in [0.1, 0.15) is 23.4 Å². The van der Waals surface area contributed by atoms with Gasteiger partial charge in [0.25, 0.3) is 11.8 Å². The van der Waals surface area contributed by atoms with Crippen molar-refractivity contribution in [3.63, 3.8) is 0 Å². The summed E-state index contributed by atoms with van der Waals surface area (Å²) >= 11 is 0. The Morgan fingerprint density at radius 3 is 2.47 bits per heavy atom. The van der Waals surface area contributed by atoms with E-state index >= 15 is 0 Å². The number of hydrogen-bond donors (Lipinski definition) is 0. The number of nitrogens with zero attached hydrogens (tertiary/aromatic N) is 7. The van der Waals surface area contributed by atoms with Crippen LogP contribution in [-0.2, 0) is 16.6 Å². The van der Waals surface area contributed by atoms with Crippen LogP contribution in [0.3, 0.4) is 0 Å². The number of aryl methyl sites for hydroxylation is 1. The molecule has 59 heavy (non-hydrogen) atoms. The van der Waals surface area contributed by atoms with Crippen molar-refractivity contribution in [1.29, 1.82) is 5.26 Å². The summed E-state index contributed by atoms with van der Waals surface area (Å²) in [5.74, 6) is 0.580. The van der Waals surface area contributed by atoms with Gasteiger partial charge in [-0.2, -0.15) is 5.26 Å². The van der Waals surface area contributed by atoms with E-state index in [1.807, 2.05) is 30.7 Å². The van der Waals surface area contributed by atoms with Crippen LogP contribution in [-0.4, -0.2) is 99.5 Å². The number of carbonyl (C=O) groups is 3. The van der Waals surface area contributed by atoms with E-state index in [1.165, 1.54) is 11.8 Å². The highest BCUT2D eigenvalue weighted by atomic mass is 16.5. The van der Waals surface area contributed by atoms with Gasteiger partial charge in [0.2, 0.25) is 0 Å². The van der Waals surface area contributed by atoms with E-state index in [0.717, 1.165) is 97.8 Å². The predicted octanol–water partition coefficient (Wildman–Crippen LogP) is 7.49. The number of rotatable bonds is 16. The fraction of sp³-hybridized carbons (Fsp3) is 0.404. The minimum absolute atomic E-state index is 0.00980. The molecule has 3 aromatic heterocycles. The minimum atomic E-state index is -0.515. The number of fused-ring (bicyclic) bond motifs is 4. The number of unbranched alkanes of at least 4 members (excludes halogenated alkanes) is 2. The van der Waals surface area contributed by atoms with Crippen LogP contribution in [0, 0.1) is 11.3 Å². The molecule has 0 bridgehead atoms. The second-order valence-electron chi connectivity index (χ2n) is 16.3. The van der Waals surface area contributed by atoms with E-state index in [-0.39, 0.29) is 36.2 Å². The summed E-state index contributed by atoms with van der Waals surface area (Å²) < 4.78 is 14.7. The Morgan fingerprint density at radius 1 is 0.915 bits per heavy atom. The molecule has 12 nitrogen and oxygen atoms in total. The summed E-state index contributed by atoms with van der Waals surface area (Å²) in [6.45, 7) is 12.3. The summed E-state index contributed by atoms with van der Waals surface area (Å²) in [6.07, 6.45) is 11.6. The Labute approximate surface area is 345 Å². The zero-order valence-electron chi connectivity index (χ0n) is 34.2. The van der Waals surface area contributed by atoms with Crippen molar-refractivity contribution < 1.29 is 23.9 Å². The number of ether oxygens (including phenoxy) is 2. The third kappa shape index (κ3) is 8.22. The van der Waals surface area contributed by atoms with Crippen molar-refractivity contribution in [2.75, 3.05) is 44.2 Å². The van der Waals surface area contributed by atoms with Gasteiger partial charge in [-0.3, -0.25) is 19.5 Å². The molecular weight excluding hydrogens is 743 g/mol. The largest absolute Gasteiger partial charge is 0.494 e. The van der Waals surface area contributed by atoms with Crippen LogP contribution in [0.4, 0.5) is 5.82 Å². The van der Waals surface area contributed by atoms with Crippen molar-refractivity contribution in [3.8, 4) is 22.9 Å². The molecule has 0 spiro atoms. The molecule has 0 aliphatic carbocycles. The van der Waals surface area contributed by atoms with E-state index in [1.54, 1.807) is 25.1 Å². The first-order valence-corrected chi connectivity index (χ1v) is 20.7. The molecule has 1 unspecified atom stereocenters. The number of pyridine rings is 2.